The summed E-state index contributed by atoms with van der Waals surface area (Å²) in [6, 6.07) is 0. The van der Waals surface area contributed by atoms with Crippen LogP contribution in [0.15, 0.2) is 0 Å². The van der Waals surface area contributed by atoms with Crippen molar-refractivity contribution in [2.75, 3.05) is 13.1 Å². The van der Waals surface area contributed by atoms with Crippen molar-refractivity contribution in [3.8, 4) is 0 Å². The number of rotatable bonds is 6. The van der Waals surface area contributed by atoms with Crippen molar-refractivity contribution in [2.45, 2.75) is 46.0 Å². The molecule has 1 aliphatic carbocycles. The van der Waals surface area contributed by atoms with E-state index in [9.17, 15) is 4.79 Å². The Kier molecular flexibility index (Phi) is 4.58. The molecule has 1 unspecified atom stereocenters. The minimum Gasteiger partial charge on any atom is -0.355 e. The summed E-state index contributed by atoms with van der Waals surface area (Å²) < 4.78 is 0. The Balaban J connectivity index is 2.32. The van der Waals surface area contributed by atoms with Crippen molar-refractivity contribution in [1.29, 1.82) is 0 Å². The summed E-state index contributed by atoms with van der Waals surface area (Å²) >= 11 is 0. The first-order chi connectivity index (χ1) is 7.17. The number of nitrogens with two attached hydrogens (primary N) is 1. The second-order valence-electron chi connectivity index (χ2n) is 4.77. The largest absolute Gasteiger partial charge is 0.355 e. The zero-order valence-corrected chi connectivity index (χ0v) is 10.0. The SMILES string of the molecule is CCC(CN)C(=O)NCC1(CC)CCC1. The van der Waals surface area contributed by atoms with E-state index in [1.54, 1.807) is 0 Å². The second kappa shape index (κ2) is 5.50. The number of hydrogen-bond acceptors (Lipinski definition) is 2. The molecule has 0 radical (unpaired) electrons. The van der Waals surface area contributed by atoms with Crippen LogP contribution in [-0.4, -0.2) is 19.0 Å². The molecule has 0 spiro atoms. The molecule has 0 aromatic rings. The Hall–Kier alpha value is -0.570. The number of carbonyl (C=O) groups is 1. The number of amides is 1. The monoisotopic (exact) mass is 212 g/mol. The summed E-state index contributed by atoms with van der Waals surface area (Å²) in [4.78, 5) is 11.7. The fraction of sp³-hybridized carbons (Fsp3) is 0.917. The second-order valence-corrected chi connectivity index (χ2v) is 4.77. The molecule has 0 heterocycles. The van der Waals surface area contributed by atoms with Crippen LogP contribution in [0.2, 0.25) is 0 Å². The first-order valence-electron chi connectivity index (χ1n) is 6.15. The Morgan fingerprint density at radius 2 is 2.13 bits per heavy atom. The van der Waals surface area contributed by atoms with Crippen molar-refractivity contribution in [1.82, 2.24) is 5.32 Å². The molecule has 3 N–H and O–H groups in total. The summed E-state index contributed by atoms with van der Waals surface area (Å²) in [5, 5.41) is 3.06. The smallest absolute Gasteiger partial charge is 0.224 e. The van der Waals surface area contributed by atoms with E-state index in [-0.39, 0.29) is 11.8 Å². The van der Waals surface area contributed by atoms with Gasteiger partial charge in [0.25, 0.3) is 0 Å². The molecule has 0 aromatic heterocycles. The van der Waals surface area contributed by atoms with Gasteiger partial charge >= 0.3 is 0 Å². The van der Waals surface area contributed by atoms with Crippen LogP contribution in [0.3, 0.4) is 0 Å². The van der Waals surface area contributed by atoms with Crippen LogP contribution in [0.4, 0.5) is 0 Å². The maximum absolute atomic E-state index is 11.7. The zero-order valence-electron chi connectivity index (χ0n) is 10.0. The molecule has 88 valence electrons. The van der Waals surface area contributed by atoms with E-state index >= 15 is 0 Å². The third-order valence-corrected chi connectivity index (χ3v) is 3.95. The maximum Gasteiger partial charge on any atom is 0.224 e. The summed E-state index contributed by atoms with van der Waals surface area (Å²) in [5.74, 6) is 0.138. The third kappa shape index (κ3) is 2.94. The Bertz CT molecular complexity index is 202. The van der Waals surface area contributed by atoms with Crippen LogP contribution in [0.25, 0.3) is 0 Å². The molecule has 1 aliphatic rings. The van der Waals surface area contributed by atoms with Crippen molar-refractivity contribution in [3.05, 3.63) is 0 Å². The van der Waals surface area contributed by atoms with Crippen LogP contribution >= 0.6 is 0 Å². The van der Waals surface area contributed by atoms with Gasteiger partial charge in [0.1, 0.15) is 0 Å². The maximum atomic E-state index is 11.7. The third-order valence-electron chi connectivity index (χ3n) is 3.95. The zero-order chi connectivity index (χ0) is 11.3. The minimum absolute atomic E-state index is 0.000942. The van der Waals surface area contributed by atoms with E-state index in [0.29, 0.717) is 12.0 Å². The summed E-state index contributed by atoms with van der Waals surface area (Å²) in [5.41, 5.74) is 5.95. The number of nitrogens with one attached hydrogen (secondary N) is 1. The summed E-state index contributed by atoms with van der Waals surface area (Å²) in [7, 11) is 0. The molecule has 3 heteroatoms. The predicted octanol–water partition coefficient (Wildman–Crippen LogP) is 1.67. The van der Waals surface area contributed by atoms with Gasteiger partial charge in [-0.25, -0.2) is 0 Å². The highest BCUT2D eigenvalue weighted by Crippen LogP contribution is 2.43. The molecule has 15 heavy (non-hydrogen) atoms. The average Bonchev–Trinajstić information content (AvgIpc) is 2.19. The molecule has 0 aliphatic heterocycles. The van der Waals surface area contributed by atoms with Gasteiger partial charge in [0.15, 0.2) is 0 Å². The van der Waals surface area contributed by atoms with Gasteiger partial charge in [0, 0.05) is 19.0 Å². The molecule has 0 saturated heterocycles. The highest BCUT2D eigenvalue weighted by Gasteiger charge is 2.35. The topological polar surface area (TPSA) is 55.1 Å². The van der Waals surface area contributed by atoms with Gasteiger partial charge in [-0.3, -0.25) is 4.79 Å². The lowest BCUT2D eigenvalue weighted by molar-refractivity contribution is -0.125. The standard InChI is InChI=1S/C12H24N2O/c1-3-10(8-13)11(15)14-9-12(4-2)6-5-7-12/h10H,3-9,13H2,1-2H3,(H,14,15). The number of carbonyl (C=O) groups excluding carboxylic acids is 1. The van der Waals surface area contributed by atoms with Gasteiger partial charge in [0.05, 0.1) is 0 Å². The van der Waals surface area contributed by atoms with Crippen LogP contribution in [0, 0.1) is 11.3 Å². The molecular formula is C12H24N2O. The van der Waals surface area contributed by atoms with Gasteiger partial charge in [0.2, 0.25) is 5.91 Å². The molecular weight excluding hydrogens is 188 g/mol. The Morgan fingerprint density at radius 1 is 1.47 bits per heavy atom. The molecule has 0 aromatic carbocycles. The van der Waals surface area contributed by atoms with Crippen molar-refractivity contribution >= 4 is 5.91 Å². The predicted molar refractivity (Wildman–Crippen MR) is 62.4 cm³/mol. The van der Waals surface area contributed by atoms with E-state index in [4.69, 9.17) is 5.73 Å². The summed E-state index contributed by atoms with van der Waals surface area (Å²) in [6.45, 7) is 5.53. The molecule has 1 fully saturated rings. The molecule has 1 rings (SSSR count). The normalized spacial score (nSPS) is 20.5. The van der Waals surface area contributed by atoms with E-state index < -0.39 is 0 Å². The lowest BCUT2D eigenvalue weighted by atomic mass is 9.67. The minimum atomic E-state index is -0.000942. The van der Waals surface area contributed by atoms with E-state index in [0.717, 1.165) is 13.0 Å². The fourth-order valence-corrected chi connectivity index (χ4v) is 2.21. The van der Waals surface area contributed by atoms with E-state index in [2.05, 4.69) is 12.2 Å². The quantitative estimate of drug-likeness (QED) is 0.703. The molecule has 1 saturated carbocycles. The molecule has 1 amide bonds. The Labute approximate surface area is 92.8 Å². The lowest BCUT2D eigenvalue weighted by Gasteiger charge is -2.41. The summed E-state index contributed by atoms with van der Waals surface area (Å²) in [6.07, 6.45) is 5.86. The van der Waals surface area contributed by atoms with Gasteiger partial charge < -0.3 is 11.1 Å². The van der Waals surface area contributed by atoms with Gasteiger partial charge in [-0.1, -0.05) is 20.3 Å². The van der Waals surface area contributed by atoms with Crippen LogP contribution in [-0.2, 0) is 4.79 Å². The first kappa shape index (κ1) is 12.5. The van der Waals surface area contributed by atoms with Gasteiger partial charge in [-0.2, -0.15) is 0 Å². The molecule has 0 bridgehead atoms. The van der Waals surface area contributed by atoms with E-state index in [1.165, 1.54) is 25.7 Å². The average molecular weight is 212 g/mol. The molecule has 1 atom stereocenters. The lowest BCUT2D eigenvalue weighted by Crippen LogP contribution is -2.44. The highest BCUT2D eigenvalue weighted by molar-refractivity contribution is 5.78. The molecule has 3 nitrogen and oxygen atoms in total. The van der Waals surface area contributed by atoms with Crippen LogP contribution in [0.5, 0.6) is 0 Å². The van der Waals surface area contributed by atoms with Crippen LogP contribution in [0.1, 0.15) is 46.0 Å². The fourth-order valence-electron chi connectivity index (χ4n) is 2.21. The van der Waals surface area contributed by atoms with Crippen molar-refractivity contribution < 1.29 is 4.79 Å². The Morgan fingerprint density at radius 3 is 2.47 bits per heavy atom. The number of hydrogen-bond donors (Lipinski definition) is 2. The highest BCUT2D eigenvalue weighted by atomic mass is 16.1. The van der Waals surface area contributed by atoms with Crippen LogP contribution < -0.4 is 11.1 Å². The van der Waals surface area contributed by atoms with Gasteiger partial charge in [-0.05, 0) is 31.1 Å². The van der Waals surface area contributed by atoms with Crippen molar-refractivity contribution in [3.63, 3.8) is 0 Å². The first-order valence-corrected chi connectivity index (χ1v) is 6.15. The van der Waals surface area contributed by atoms with E-state index in [1.807, 2.05) is 6.92 Å². The van der Waals surface area contributed by atoms with Crippen molar-refractivity contribution in [2.24, 2.45) is 17.1 Å². The van der Waals surface area contributed by atoms with Gasteiger partial charge in [-0.15, -0.1) is 0 Å².